The van der Waals surface area contributed by atoms with Crippen LogP contribution in [0.1, 0.15) is 10.4 Å². The molecule has 0 saturated heterocycles. The van der Waals surface area contributed by atoms with Crippen LogP contribution in [0, 0.1) is 0 Å². The zero-order chi connectivity index (χ0) is 14.8. The summed E-state index contributed by atoms with van der Waals surface area (Å²) in [4.78, 5) is 11.5. The van der Waals surface area contributed by atoms with E-state index < -0.39 is 5.97 Å². The highest BCUT2D eigenvalue weighted by Gasteiger charge is 2.23. The van der Waals surface area contributed by atoms with Crippen LogP contribution >= 0.6 is 24.0 Å². The second-order valence-electron chi connectivity index (χ2n) is 4.43. The maximum Gasteiger partial charge on any atom is 0.341 e. The van der Waals surface area contributed by atoms with Crippen LogP contribution < -0.4 is 0 Å². The van der Waals surface area contributed by atoms with E-state index in [0.29, 0.717) is 16.9 Å². The van der Waals surface area contributed by atoms with Crippen LogP contribution in [0.5, 0.6) is 0 Å². The lowest BCUT2D eigenvalue weighted by molar-refractivity contribution is 0.0698. The molecule has 0 radical (unpaired) electrons. The number of hydrogen-bond donors (Lipinski definition) is 1. The molecule has 0 bridgehead atoms. The summed E-state index contributed by atoms with van der Waals surface area (Å²) in [5, 5.41) is 13.9. The minimum absolute atomic E-state index is 0. The molecule has 1 heterocycles. The number of carboxylic acids is 1. The van der Waals surface area contributed by atoms with Gasteiger partial charge in [0.1, 0.15) is 16.4 Å². The van der Waals surface area contributed by atoms with Gasteiger partial charge < -0.3 is 5.11 Å². The molecular formula is C16H12Cl2N2O2. The Labute approximate surface area is 138 Å². The number of para-hydroxylation sites is 1. The summed E-state index contributed by atoms with van der Waals surface area (Å²) in [6.45, 7) is 0. The Bertz CT molecular complexity index is 787. The lowest BCUT2D eigenvalue weighted by Crippen LogP contribution is -1.99. The van der Waals surface area contributed by atoms with Crippen LogP contribution in [-0.4, -0.2) is 20.9 Å². The van der Waals surface area contributed by atoms with Crippen molar-refractivity contribution in [3.63, 3.8) is 0 Å². The van der Waals surface area contributed by atoms with Crippen molar-refractivity contribution in [2.24, 2.45) is 0 Å². The molecule has 0 aliphatic heterocycles. The summed E-state index contributed by atoms with van der Waals surface area (Å²) in [6.07, 6.45) is 0. The van der Waals surface area contributed by atoms with E-state index in [1.807, 2.05) is 48.5 Å². The molecular weight excluding hydrogens is 323 g/mol. The minimum Gasteiger partial charge on any atom is -0.478 e. The molecule has 0 atom stereocenters. The second-order valence-corrected chi connectivity index (χ2v) is 4.79. The van der Waals surface area contributed by atoms with Crippen molar-refractivity contribution in [2.75, 3.05) is 0 Å². The minimum atomic E-state index is -1.10. The predicted molar refractivity (Wildman–Crippen MR) is 88.2 cm³/mol. The molecule has 4 nitrogen and oxygen atoms in total. The lowest BCUT2D eigenvalue weighted by Gasteiger charge is -2.01. The maximum absolute atomic E-state index is 11.5. The summed E-state index contributed by atoms with van der Waals surface area (Å²) >= 11 is 6.23. The third kappa shape index (κ3) is 2.84. The van der Waals surface area contributed by atoms with Crippen molar-refractivity contribution >= 4 is 30.0 Å². The largest absolute Gasteiger partial charge is 0.478 e. The van der Waals surface area contributed by atoms with E-state index in [0.717, 1.165) is 0 Å². The highest BCUT2D eigenvalue weighted by Crippen LogP contribution is 2.30. The smallest absolute Gasteiger partial charge is 0.341 e. The molecule has 0 aliphatic carbocycles. The highest BCUT2D eigenvalue weighted by atomic mass is 35.5. The van der Waals surface area contributed by atoms with Gasteiger partial charge in [-0.3, -0.25) is 0 Å². The Hall–Kier alpha value is -2.30. The quantitative estimate of drug-likeness (QED) is 0.776. The molecule has 0 saturated carbocycles. The number of halogens is 2. The molecule has 112 valence electrons. The molecule has 1 N–H and O–H groups in total. The molecule has 22 heavy (non-hydrogen) atoms. The van der Waals surface area contributed by atoms with Gasteiger partial charge in [-0.25, -0.2) is 9.48 Å². The van der Waals surface area contributed by atoms with Crippen LogP contribution in [0.2, 0.25) is 5.15 Å². The molecule has 2 aromatic carbocycles. The van der Waals surface area contributed by atoms with Crippen molar-refractivity contribution in [1.29, 1.82) is 0 Å². The topological polar surface area (TPSA) is 55.1 Å². The molecule has 0 fully saturated rings. The zero-order valence-electron chi connectivity index (χ0n) is 11.3. The average molecular weight is 335 g/mol. The summed E-state index contributed by atoms with van der Waals surface area (Å²) in [7, 11) is 0. The Balaban J connectivity index is 0.00000176. The van der Waals surface area contributed by atoms with Gasteiger partial charge >= 0.3 is 5.97 Å². The van der Waals surface area contributed by atoms with Crippen molar-refractivity contribution in [3.8, 4) is 16.9 Å². The van der Waals surface area contributed by atoms with Gasteiger partial charge in [0.2, 0.25) is 0 Å². The van der Waals surface area contributed by atoms with E-state index in [-0.39, 0.29) is 23.1 Å². The zero-order valence-corrected chi connectivity index (χ0v) is 12.9. The molecule has 3 aromatic rings. The normalized spacial score (nSPS) is 10.0. The third-order valence-electron chi connectivity index (χ3n) is 3.09. The fourth-order valence-corrected chi connectivity index (χ4v) is 2.43. The average Bonchev–Trinajstić information content (AvgIpc) is 2.87. The van der Waals surface area contributed by atoms with E-state index in [9.17, 15) is 9.90 Å². The van der Waals surface area contributed by atoms with Crippen molar-refractivity contribution in [2.45, 2.75) is 0 Å². The number of hydrogen-bond acceptors (Lipinski definition) is 2. The second kappa shape index (κ2) is 6.64. The summed E-state index contributed by atoms with van der Waals surface area (Å²) in [5.74, 6) is -1.10. The van der Waals surface area contributed by atoms with Gasteiger partial charge in [-0.05, 0) is 12.1 Å². The molecule has 0 aliphatic rings. The Morgan fingerprint density at radius 1 is 1.00 bits per heavy atom. The van der Waals surface area contributed by atoms with Gasteiger partial charge in [-0.2, -0.15) is 5.10 Å². The Morgan fingerprint density at radius 2 is 1.55 bits per heavy atom. The maximum atomic E-state index is 11.5. The first-order valence-corrected chi connectivity index (χ1v) is 6.69. The number of aromatic carboxylic acids is 1. The van der Waals surface area contributed by atoms with Gasteiger partial charge in [0.15, 0.2) is 0 Å². The van der Waals surface area contributed by atoms with E-state index >= 15 is 0 Å². The van der Waals surface area contributed by atoms with Crippen LogP contribution in [0.3, 0.4) is 0 Å². The lowest BCUT2D eigenvalue weighted by atomic mass is 10.1. The first-order chi connectivity index (χ1) is 10.2. The van der Waals surface area contributed by atoms with Gasteiger partial charge in [0.25, 0.3) is 0 Å². The van der Waals surface area contributed by atoms with Gasteiger partial charge in [-0.15, -0.1) is 12.4 Å². The number of nitrogens with zero attached hydrogens (tertiary/aromatic N) is 2. The number of carboxylic acid groups (broad SMARTS) is 1. The molecule has 0 unspecified atom stereocenters. The molecule has 1 aromatic heterocycles. The van der Waals surface area contributed by atoms with Crippen molar-refractivity contribution in [3.05, 3.63) is 71.4 Å². The standard InChI is InChI=1S/C16H11ClN2O2.ClH/c17-15-13(16(20)21)14(11-7-3-1-4-8-11)18-19(15)12-9-5-2-6-10-12;/h1-10H,(H,20,21);1H. The number of benzene rings is 2. The van der Waals surface area contributed by atoms with Gasteiger partial charge in [-0.1, -0.05) is 60.1 Å². The third-order valence-corrected chi connectivity index (χ3v) is 3.44. The predicted octanol–water partition coefficient (Wildman–Crippen LogP) is 4.31. The SMILES string of the molecule is Cl.O=C(O)c1c(-c2ccccc2)nn(-c2ccccc2)c1Cl. The van der Waals surface area contributed by atoms with Gasteiger partial charge in [0.05, 0.1) is 5.69 Å². The van der Waals surface area contributed by atoms with Gasteiger partial charge in [0, 0.05) is 5.56 Å². The summed E-state index contributed by atoms with van der Waals surface area (Å²) < 4.78 is 1.44. The van der Waals surface area contributed by atoms with E-state index in [4.69, 9.17) is 11.6 Å². The van der Waals surface area contributed by atoms with Crippen LogP contribution in [0.4, 0.5) is 0 Å². The molecule has 3 rings (SSSR count). The first-order valence-electron chi connectivity index (χ1n) is 6.31. The fourth-order valence-electron chi connectivity index (χ4n) is 2.13. The Morgan fingerprint density at radius 3 is 2.09 bits per heavy atom. The molecule has 0 amide bonds. The Kier molecular flexibility index (Phi) is 4.85. The van der Waals surface area contributed by atoms with E-state index in [1.165, 1.54) is 4.68 Å². The summed E-state index contributed by atoms with van der Waals surface area (Å²) in [5.41, 5.74) is 1.79. The fraction of sp³-hybridized carbons (Fsp3) is 0. The number of rotatable bonds is 3. The highest BCUT2D eigenvalue weighted by molar-refractivity contribution is 6.33. The van der Waals surface area contributed by atoms with Crippen molar-refractivity contribution < 1.29 is 9.90 Å². The van der Waals surface area contributed by atoms with Crippen LogP contribution in [-0.2, 0) is 0 Å². The van der Waals surface area contributed by atoms with E-state index in [1.54, 1.807) is 12.1 Å². The van der Waals surface area contributed by atoms with E-state index in [2.05, 4.69) is 5.10 Å². The first kappa shape index (κ1) is 16.1. The van der Waals surface area contributed by atoms with Crippen LogP contribution in [0.25, 0.3) is 16.9 Å². The van der Waals surface area contributed by atoms with Crippen LogP contribution in [0.15, 0.2) is 60.7 Å². The van der Waals surface area contributed by atoms with Crippen molar-refractivity contribution in [1.82, 2.24) is 9.78 Å². The molecule has 6 heteroatoms. The number of aromatic nitrogens is 2. The molecule has 0 spiro atoms. The number of carbonyl (C=O) groups is 1. The summed E-state index contributed by atoms with van der Waals surface area (Å²) in [6, 6.07) is 18.3. The monoisotopic (exact) mass is 334 g/mol.